The lowest BCUT2D eigenvalue weighted by atomic mass is 9.88. The first-order valence-corrected chi connectivity index (χ1v) is 7.62. The largest absolute Gasteiger partial charge is 0.501 e. The highest BCUT2D eigenvalue weighted by molar-refractivity contribution is 7.92. The molecule has 0 heterocycles. The first-order valence-electron chi connectivity index (χ1n) is 6.14. The number of hydrogen-bond acceptors (Lipinski definition) is 3. The number of sulfone groups is 1. The van der Waals surface area contributed by atoms with Crippen molar-refractivity contribution in [2.24, 2.45) is 5.41 Å². The molecule has 21 heavy (non-hydrogen) atoms. The molecule has 1 atom stereocenters. The minimum atomic E-state index is -5.62. The molecule has 0 radical (unpaired) electrons. The summed E-state index contributed by atoms with van der Waals surface area (Å²) in [4.78, 5) is -1.11. The number of alkyl halides is 3. The Hall–Kier alpha value is -1.31. The Morgan fingerprint density at radius 3 is 2.10 bits per heavy atom. The van der Waals surface area contributed by atoms with Crippen molar-refractivity contribution in [3.05, 3.63) is 24.0 Å². The van der Waals surface area contributed by atoms with Gasteiger partial charge in [0.15, 0.2) is 0 Å². The van der Waals surface area contributed by atoms with E-state index >= 15 is 0 Å². The van der Waals surface area contributed by atoms with Crippen LogP contribution in [0.5, 0.6) is 0 Å². The summed E-state index contributed by atoms with van der Waals surface area (Å²) in [5, 5.41) is 2.71. The molecule has 0 bridgehead atoms. The van der Waals surface area contributed by atoms with Crippen molar-refractivity contribution >= 4 is 15.5 Å². The van der Waals surface area contributed by atoms with Gasteiger partial charge in [-0.05, 0) is 30.5 Å². The van der Waals surface area contributed by atoms with Crippen LogP contribution in [0.1, 0.15) is 27.7 Å². The van der Waals surface area contributed by atoms with Crippen LogP contribution < -0.4 is 5.32 Å². The fourth-order valence-electron chi connectivity index (χ4n) is 1.41. The van der Waals surface area contributed by atoms with Crippen molar-refractivity contribution in [3.8, 4) is 0 Å². The molecule has 0 aliphatic rings. The maximum atomic E-state index is 13.2. The molecule has 0 fully saturated rings. The third-order valence-electron chi connectivity index (χ3n) is 3.21. The van der Waals surface area contributed by atoms with Crippen LogP contribution in [0.25, 0.3) is 0 Å². The van der Waals surface area contributed by atoms with Crippen LogP contribution in [-0.4, -0.2) is 20.0 Å². The lowest BCUT2D eigenvalue weighted by Gasteiger charge is -2.29. The minimum Gasteiger partial charge on any atom is -0.381 e. The van der Waals surface area contributed by atoms with E-state index in [1.807, 2.05) is 20.8 Å². The van der Waals surface area contributed by atoms with Gasteiger partial charge in [0, 0.05) is 6.04 Å². The molecule has 0 aliphatic carbocycles. The van der Waals surface area contributed by atoms with E-state index in [2.05, 4.69) is 5.32 Å². The first kappa shape index (κ1) is 17.7. The molecule has 3 nitrogen and oxygen atoms in total. The van der Waals surface area contributed by atoms with Gasteiger partial charge in [0.25, 0.3) is 9.84 Å². The molecule has 1 rings (SSSR count). The zero-order valence-electron chi connectivity index (χ0n) is 12.0. The SMILES string of the molecule is CC(Nc1ccc(F)cc1S(=O)(=O)C(F)(F)F)C(C)(C)C. The third kappa shape index (κ3) is 3.87. The Labute approximate surface area is 121 Å². The molecule has 1 aromatic carbocycles. The van der Waals surface area contributed by atoms with E-state index in [0.717, 1.165) is 12.1 Å². The summed E-state index contributed by atoms with van der Waals surface area (Å²) in [5.41, 5.74) is -6.08. The number of anilines is 1. The maximum Gasteiger partial charge on any atom is 0.501 e. The van der Waals surface area contributed by atoms with Crippen molar-refractivity contribution < 1.29 is 26.0 Å². The van der Waals surface area contributed by atoms with E-state index in [9.17, 15) is 26.0 Å². The molecule has 120 valence electrons. The smallest absolute Gasteiger partial charge is 0.381 e. The quantitative estimate of drug-likeness (QED) is 0.855. The van der Waals surface area contributed by atoms with Gasteiger partial charge < -0.3 is 5.32 Å². The van der Waals surface area contributed by atoms with Crippen LogP contribution in [-0.2, 0) is 9.84 Å². The fraction of sp³-hybridized carbons (Fsp3) is 0.538. The van der Waals surface area contributed by atoms with Gasteiger partial charge in [-0.25, -0.2) is 12.8 Å². The fourth-order valence-corrected chi connectivity index (χ4v) is 2.35. The van der Waals surface area contributed by atoms with Crippen molar-refractivity contribution in [3.63, 3.8) is 0 Å². The van der Waals surface area contributed by atoms with Crippen molar-refractivity contribution in [1.29, 1.82) is 0 Å². The molecular weight excluding hydrogens is 310 g/mol. The Balaban J connectivity index is 3.38. The number of rotatable bonds is 3. The molecule has 1 aromatic rings. The monoisotopic (exact) mass is 327 g/mol. The predicted molar refractivity (Wildman–Crippen MR) is 72.2 cm³/mol. The molecular formula is C13H17F4NO2S. The molecule has 1 N–H and O–H groups in total. The van der Waals surface area contributed by atoms with Crippen LogP contribution in [0.2, 0.25) is 0 Å². The Bertz CT molecular complexity index is 618. The van der Waals surface area contributed by atoms with Crippen LogP contribution >= 0.6 is 0 Å². The predicted octanol–water partition coefficient (Wildman–Crippen LogP) is 3.97. The van der Waals surface area contributed by atoms with E-state index in [1.54, 1.807) is 6.92 Å². The molecule has 8 heteroatoms. The summed E-state index contributed by atoms with van der Waals surface area (Å²) in [6.45, 7) is 7.22. The standard InChI is InChI=1S/C13H17F4NO2S/c1-8(12(2,3)4)18-10-6-5-9(14)7-11(10)21(19,20)13(15,16)17/h5-8,18H,1-4H3. The zero-order chi connectivity index (χ0) is 16.6. The number of hydrogen-bond donors (Lipinski definition) is 1. The van der Waals surface area contributed by atoms with E-state index in [-0.39, 0.29) is 17.1 Å². The van der Waals surface area contributed by atoms with Crippen LogP contribution in [0.4, 0.5) is 23.2 Å². The minimum absolute atomic E-state index is 0.267. The lowest BCUT2D eigenvalue weighted by molar-refractivity contribution is -0.0435. The number of halogens is 4. The van der Waals surface area contributed by atoms with Gasteiger partial charge in [0.1, 0.15) is 10.7 Å². The van der Waals surface area contributed by atoms with Crippen LogP contribution in [0.3, 0.4) is 0 Å². The topological polar surface area (TPSA) is 46.2 Å². The normalized spacial score (nSPS) is 14.9. The second kappa shape index (κ2) is 5.47. The van der Waals surface area contributed by atoms with Gasteiger partial charge in [0.05, 0.1) is 5.69 Å². The van der Waals surface area contributed by atoms with E-state index in [0.29, 0.717) is 6.07 Å². The van der Waals surface area contributed by atoms with E-state index < -0.39 is 26.1 Å². The van der Waals surface area contributed by atoms with Gasteiger partial charge in [-0.1, -0.05) is 20.8 Å². The summed E-state index contributed by atoms with van der Waals surface area (Å²) < 4.78 is 74.2. The van der Waals surface area contributed by atoms with Gasteiger partial charge in [-0.3, -0.25) is 0 Å². The third-order valence-corrected chi connectivity index (χ3v) is 4.74. The van der Waals surface area contributed by atoms with Crippen LogP contribution in [0, 0.1) is 11.2 Å². The van der Waals surface area contributed by atoms with Gasteiger partial charge in [-0.15, -0.1) is 0 Å². The highest BCUT2D eigenvalue weighted by Gasteiger charge is 2.48. The Kier molecular flexibility index (Phi) is 4.62. The molecule has 0 aromatic heterocycles. The summed E-state index contributed by atoms with van der Waals surface area (Å²) >= 11 is 0. The summed E-state index contributed by atoms with van der Waals surface area (Å²) in [6, 6.07) is 1.95. The highest BCUT2D eigenvalue weighted by Crippen LogP contribution is 2.36. The summed E-state index contributed by atoms with van der Waals surface area (Å²) in [5.74, 6) is -1.05. The zero-order valence-corrected chi connectivity index (χ0v) is 12.9. The molecule has 0 saturated heterocycles. The highest BCUT2D eigenvalue weighted by atomic mass is 32.2. The first-order chi connectivity index (χ1) is 9.26. The second-order valence-electron chi connectivity index (χ2n) is 5.82. The molecule has 1 unspecified atom stereocenters. The molecule has 0 aliphatic heterocycles. The van der Waals surface area contributed by atoms with Crippen molar-refractivity contribution in [2.75, 3.05) is 5.32 Å². The maximum absolute atomic E-state index is 13.2. The summed E-state index contributed by atoms with van der Waals surface area (Å²) in [7, 11) is -5.62. The Morgan fingerprint density at radius 2 is 1.67 bits per heavy atom. The van der Waals surface area contributed by atoms with Crippen molar-refractivity contribution in [1.82, 2.24) is 0 Å². The summed E-state index contributed by atoms with van der Waals surface area (Å²) in [6.07, 6.45) is 0. The Morgan fingerprint density at radius 1 is 1.14 bits per heavy atom. The second-order valence-corrected chi connectivity index (χ2v) is 7.73. The van der Waals surface area contributed by atoms with Gasteiger partial charge in [-0.2, -0.15) is 13.2 Å². The average Bonchev–Trinajstić information content (AvgIpc) is 2.28. The lowest BCUT2D eigenvalue weighted by Crippen LogP contribution is -2.32. The van der Waals surface area contributed by atoms with Gasteiger partial charge >= 0.3 is 5.51 Å². The molecule has 0 spiro atoms. The molecule has 0 saturated carbocycles. The van der Waals surface area contributed by atoms with Crippen LogP contribution in [0.15, 0.2) is 23.1 Å². The van der Waals surface area contributed by atoms with E-state index in [4.69, 9.17) is 0 Å². The van der Waals surface area contributed by atoms with Crippen molar-refractivity contribution in [2.45, 2.75) is 44.1 Å². The molecule has 0 amide bonds. The van der Waals surface area contributed by atoms with E-state index in [1.165, 1.54) is 0 Å². The van der Waals surface area contributed by atoms with Gasteiger partial charge in [0.2, 0.25) is 0 Å². The number of nitrogens with one attached hydrogen (secondary N) is 1. The number of benzene rings is 1. The average molecular weight is 327 g/mol.